The van der Waals surface area contributed by atoms with E-state index in [4.69, 9.17) is 13.9 Å². The maximum atomic E-state index is 14.2. The Bertz CT molecular complexity index is 1190. The average molecular weight is 465 g/mol. The van der Waals surface area contributed by atoms with Crippen LogP contribution in [0.15, 0.2) is 23.1 Å². The van der Waals surface area contributed by atoms with Crippen LogP contribution in [0.1, 0.15) is 46.0 Å². The second-order valence-corrected chi connectivity index (χ2v) is 8.35. The highest BCUT2D eigenvalue weighted by Crippen LogP contribution is 2.48. The lowest BCUT2D eigenvalue weighted by Crippen LogP contribution is -2.25. The number of imidazole rings is 1. The normalized spacial score (nSPS) is 20.0. The number of nitrogens with zero attached hydrogens (tertiary/aromatic N) is 4. The molecular formula is C21H22F3N5O4. The number of ether oxygens (including phenoxy) is 2. The zero-order valence-electron chi connectivity index (χ0n) is 18.0. The van der Waals surface area contributed by atoms with Gasteiger partial charge >= 0.3 is 6.18 Å². The van der Waals surface area contributed by atoms with Crippen LogP contribution in [0.5, 0.6) is 0 Å². The van der Waals surface area contributed by atoms with Gasteiger partial charge in [-0.25, -0.2) is 4.98 Å². The molecule has 1 amide bonds. The van der Waals surface area contributed by atoms with Gasteiger partial charge < -0.3 is 23.8 Å². The molecule has 12 heteroatoms. The topological polar surface area (TPSA) is 96.3 Å². The van der Waals surface area contributed by atoms with Crippen LogP contribution in [0.4, 0.5) is 13.2 Å². The van der Waals surface area contributed by atoms with Crippen LogP contribution in [-0.4, -0.2) is 44.7 Å². The molecule has 9 nitrogen and oxygen atoms in total. The lowest BCUT2D eigenvalue weighted by atomic mass is 9.86. The summed E-state index contributed by atoms with van der Waals surface area (Å²) in [6, 6.07) is 0. The molecule has 1 N–H and O–H groups in total. The molecule has 176 valence electrons. The van der Waals surface area contributed by atoms with Crippen molar-refractivity contribution in [3.63, 3.8) is 0 Å². The molecule has 5 rings (SSSR count). The fourth-order valence-electron chi connectivity index (χ4n) is 4.27. The third-order valence-electron chi connectivity index (χ3n) is 5.79. The third-order valence-corrected chi connectivity index (χ3v) is 5.79. The zero-order chi connectivity index (χ0) is 23.3. The summed E-state index contributed by atoms with van der Waals surface area (Å²) in [6.07, 6.45) is 0.138. The van der Waals surface area contributed by atoms with E-state index in [1.165, 1.54) is 6.33 Å². The van der Waals surface area contributed by atoms with Crippen molar-refractivity contribution < 1.29 is 31.9 Å². The second kappa shape index (κ2) is 8.03. The Balaban J connectivity index is 1.50. The first-order valence-electron chi connectivity index (χ1n) is 10.5. The molecule has 0 bridgehead atoms. The van der Waals surface area contributed by atoms with Crippen LogP contribution in [0, 0.1) is 0 Å². The van der Waals surface area contributed by atoms with E-state index < -0.39 is 23.4 Å². The van der Waals surface area contributed by atoms with E-state index in [2.05, 4.69) is 15.4 Å². The Hall–Kier alpha value is -3.12. The van der Waals surface area contributed by atoms with Gasteiger partial charge in [-0.05, 0) is 5.92 Å². The van der Waals surface area contributed by atoms with Crippen LogP contribution in [0.2, 0.25) is 0 Å². The van der Waals surface area contributed by atoms with Crippen molar-refractivity contribution in [3.05, 3.63) is 47.1 Å². The van der Waals surface area contributed by atoms with Gasteiger partial charge in [0.1, 0.15) is 24.2 Å². The first-order chi connectivity index (χ1) is 15.7. The van der Waals surface area contributed by atoms with E-state index in [9.17, 15) is 18.0 Å². The number of halogens is 3. The second-order valence-electron chi connectivity index (χ2n) is 8.35. The highest BCUT2D eigenvalue weighted by atomic mass is 19.4. The summed E-state index contributed by atoms with van der Waals surface area (Å²) < 4.78 is 62.0. The van der Waals surface area contributed by atoms with Crippen molar-refractivity contribution >= 4 is 5.91 Å². The SMILES string of the molecule is C[C@H]1Cc2oc(C(=O)NCc3cn(C)cn3)c(C(F)(F)F)c2-c2nn(C[C@H]3COCO3)cc21. The molecular weight excluding hydrogens is 443 g/mol. The molecule has 4 heterocycles. The van der Waals surface area contributed by atoms with Gasteiger partial charge in [0.15, 0.2) is 0 Å². The molecule has 1 aliphatic carbocycles. The zero-order valence-corrected chi connectivity index (χ0v) is 18.0. The van der Waals surface area contributed by atoms with Crippen molar-refractivity contribution in [3.8, 4) is 11.3 Å². The van der Waals surface area contributed by atoms with Gasteiger partial charge in [-0.15, -0.1) is 0 Å². The first kappa shape index (κ1) is 21.7. The third kappa shape index (κ3) is 4.04. The molecule has 3 aromatic rings. The number of aryl methyl sites for hydroxylation is 1. The van der Waals surface area contributed by atoms with Gasteiger partial charge in [-0.1, -0.05) is 6.92 Å². The van der Waals surface area contributed by atoms with Crippen molar-refractivity contribution in [2.75, 3.05) is 13.4 Å². The number of hydrogen-bond donors (Lipinski definition) is 1. The maximum Gasteiger partial charge on any atom is 0.420 e. The van der Waals surface area contributed by atoms with Crippen LogP contribution in [-0.2, 0) is 42.2 Å². The molecule has 0 saturated carbocycles. The van der Waals surface area contributed by atoms with E-state index in [0.717, 1.165) is 0 Å². The first-order valence-corrected chi connectivity index (χ1v) is 10.5. The van der Waals surface area contributed by atoms with Crippen molar-refractivity contribution in [2.24, 2.45) is 7.05 Å². The number of hydrogen-bond acceptors (Lipinski definition) is 6. The quantitative estimate of drug-likeness (QED) is 0.623. The molecule has 33 heavy (non-hydrogen) atoms. The van der Waals surface area contributed by atoms with Crippen LogP contribution < -0.4 is 5.32 Å². The fourth-order valence-corrected chi connectivity index (χ4v) is 4.27. The number of fused-ring (bicyclic) bond motifs is 3. The van der Waals surface area contributed by atoms with Gasteiger partial charge in [0, 0.05) is 31.4 Å². The highest BCUT2D eigenvalue weighted by molar-refractivity contribution is 5.96. The van der Waals surface area contributed by atoms with Gasteiger partial charge in [-0.2, -0.15) is 18.3 Å². The van der Waals surface area contributed by atoms with Crippen molar-refractivity contribution in [1.29, 1.82) is 0 Å². The molecule has 0 aromatic carbocycles. The summed E-state index contributed by atoms with van der Waals surface area (Å²) in [7, 11) is 1.75. The van der Waals surface area contributed by atoms with E-state index in [-0.39, 0.29) is 48.8 Å². The van der Waals surface area contributed by atoms with Gasteiger partial charge in [0.2, 0.25) is 5.76 Å². The number of nitrogens with one attached hydrogen (secondary N) is 1. The number of carbonyl (C=O) groups excluding carboxylic acids is 1. The molecule has 0 spiro atoms. The van der Waals surface area contributed by atoms with Crippen LogP contribution in [0.3, 0.4) is 0 Å². The Morgan fingerprint density at radius 3 is 2.82 bits per heavy atom. The number of carbonyl (C=O) groups is 1. The number of alkyl halides is 3. The molecule has 2 aliphatic rings. The largest absolute Gasteiger partial charge is 0.455 e. The summed E-state index contributed by atoms with van der Waals surface area (Å²) in [5.41, 5.74) is 0.106. The van der Waals surface area contributed by atoms with Crippen LogP contribution in [0.25, 0.3) is 11.3 Å². The molecule has 1 fully saturated rings. The van der Waals surface area contributed by atoms with Gasteiger partial charge in [0.25, 0.3) is 5.91 Å². The van der Waals surface area contributed by atoms with Gasteiger partial charge in [-0.3, -0.25) is 9.48 Å². The molecule has 0 radical (unpaired) electrons. The summed E-state index contributed by atoms with van der Waals surface area (Å²) in [5, 5.41) is 6.90. The Labute approximate surface area is 186 Å². The van der Waals surface area contributed by atoms with Crippen molar-refractivity contribution in [2.45, 2.75) is 44.6 Å². The minimum Gasteiger partial charge on any atom is -0.455 e. The predicted molar refractivity (Wildman–Crippen MR) is 107 cm³/mol. The number of aromatic nitrogens is 4. The predicted octanol–water partition coefficient (Wildman–Crippen LogP) is 2.86. The molecule has 1 aliphatic heterocycles. The lowest BCUT2D eigenvalue weighted by Gasteiger charge is -2.17. The minimum atomic E-state index is -4.81. The van der Waals surface area contributed by atoms with E-state index in [1.54, 1.807) is 28.7 Å². The number of rotatable bonds is 5. The number of amides is 1. The molecule has 2 atom stereocenters. The monoisotopic (exact) mass is 465 g/mol. The molecule has 3 aromatic heterocycles. The van der Waals surface area contributed by atoms with E-state index in [0.29, 0.717) is 24.4 Å². The van der Waals surface area contributed by atoms with Crippen molar-refractivity contribution in [1.82, 2.24) is 24.6 Å². The minimum absolute atomic E-state index is 0.0257. The van der Waals surface area contributed by atoms with E-state index in [1.807, 2.05) is 6.92 Å². The summed E-state index contributed by atoms with van der Waals surface area (Å²) in [6.45, 7) is 2.79. The van der Waals surface area contributed by atoms with Gasteiger partial charge in [0.05, 0.1) is 43.0 Å². The summed E-state index contributed by atoms with van der Waals surface area (Å²) >= 11 is 0. The lowest BCUT2D eigenvalue weighted by molar-refractivity contribution is -0.137. The smallest absolute Gasteiger partial charge is 0.420 e. The molecule has 1 saturated heterocycles. The standard InChI is InChI=1S/C21H22F3N5O4/c1-11-3-15-16(18-14(11)7-29(27-18)6-13-8-31-10-32-13)17(21(22,23)24)19(33-15)20(30)25-4-12-5-28(2)9-26-12/h5,7,9,11,13H,3-4,6,8,10H2,1-2H3,(H,25,30)/t11-,13-/m0/s1. The maximum absolute atomic E-state index is 14.2. The van der Waals surface area contributed by atoms with Crippen LogP contribution >= 0.6 is 0 Å². The average Bonchev–Trinajstić information content (AvgIpc) is 3.51. The summed E-state index contributed by atoms with van der Waals surface area (Å²) in [5.74, 6) is -1.73. The summed E-state index contributed by atoms with van der Waals surface area (Å²) in [4.78, 5) is 16.8. The Morgan fingerprint density at radius 2 is 2.15 bits per heavy atom. The Kier molecular flexibility index (Phi) is 5.28. The van der Waals surface area contributed by atoms with E-state index >= 15 is 0 Å². The molecule has 0 unspecified atom stereocenters. The highest BCUT2D eigenvalue weighted by Gasteiger charge is 2.46. The fraction of sp³-hybridized carbons (Fsp3) is 0.476. The number of furan rings is 1. The Morgan fingerprint density at radius 1 is 1.33 bits per heavy atom.